The molecule has 0 fully saturated rings. The van der Waals surface area contributed by atoms with Crippen molar-refractivity contribution >= 4 is 33.2 Å². The van der Waals surface area contributed by atoms with E-state index in [9.17, 15) is 13.2 Å². The van der Waals surface area contributed by atoms with Crippen LogP contribution in [0.1, 0.15) is 22.7 Å². The van der Waals surface area contributed by atoms with Crippen LogP contribution in [0.25, 0.3) is 0 Å². The van der Waals surface area contributed by atoms with Gasteiger partial charge >= 0.3 is 0 Å². The molecule has 1 amide bonds. The van der Waals surface area contributed by atoms with Crippen molar-refractivity contribution in [3.63, 3.8) is 0 Å². The molecule has 0 aromatic heterocycles. The number of rotatable bonds is 6. The first-order valence-corrected chi connectivity index (χ1v) is 13.6. The van der Waals surface area contributed by atoms with E-state index in [4.69, 9.17) is 16.3 Å². The molecule has 4 aromatic carbocycles. The number of nitrogens with one attached hydrogen (secondary N) is 1. The highest BCUT2D eigenvalue weighted by Crippen LogP contribution is 2.37. The number of aryl methyl sites for hydroxylation is 1. The van der Waals surface area contributed by atoms with Gasteiger partial charge in [-0.05, 0) is 54.4 Å². The Morgan fingerprint density at radius 2 is 1.51 bits per heavy atom. The summed E-state index contributed by atoms with van der Waals surface area (Å²) in [6, 6.07) is 29.9. The highest BCUT2D eigenvalue weighted by Gasteiger charge is 2.38. The number of carbonyl (C=O) groups is 1. The fourth-order valence-electron chi connectivity index (χ4n) is 4.30. The third kappa shape index (κ3) is 5.19. The number of hydrogen-bond donors (Lipinski definition) is 1. The van der Waals surface area contributed by atoms with Crippen molar-refractivity contribution in [2.45, 2.75) is 24.0 Å². The second kappa shape index (κ2) is 10.3. The quantitative estimate of drug-likeness (QED) is 0.355. The minimum atomic E-state index is -3.98. The van der Waals surface area contributed by atoms with Gasteiger partial charge < -0.3 is 10.1 Å². The van der Waals surface area contributed by atoms with Crippen molar-refractivity contribution < 1.29 is 17.9 Å². The molecule has 0 unspecified atom stereocenters. The molecule has 1 aliphatic rings. The molecule has 0 saturated heterocycles. The molecular weight excluding hydrogens is 508 g/mol. The van der Waals surface area contributed by atoms with E-state index in [-0.39, 0.29) is 11.4 Å². The number of anilines is 1. The van der Waals surface area contributed by atoms with Gasteiger partial charge in [0, 0.05) is 5.02 Å². The normalized spacial score (nSPS) is 15.8. The summed E-state index contributed by atoms with van der Waals surface area (Å²) in [7, 11) is -3.98. The monoisotopic (exact) mass is 532 g/mol. The zero-order valence-corrected chi connectivity index (χ0v) is 21.6. The first kappa shape index (κ1) is 24.9. The van der Waals surface area contributed by atoms with Crippen molar-refractivity contribution in [2.75, 3.05) is 10.8 Å². The summed E-state index contributed by atoms with van der Waals surface area (Å²) in [6.07, 6.45) is -1.06. The smallest absolute Gasteiger partial charge is 0.264 e. The number of fused-ring (bicyclic) bond motifs is 1. The van der Waals surface area contributed by atoms with Crippen molar-refractivity contribution in [3.05, 3.63) is 125 Å². The number of hydrogen-bond acceptors (Lipinski definition) is 4. The van der Waals surface area contributed by atoms with Crippen molar-refractivity contribution in [2.24, 2.45) is 0 Å². The molecule has 5 rings (SSSR count). The van der Waals surface area contributed by atoms with Crippen LogP contribution in [0.15, 0.2) is 108 Å². The molecule has 8 heteroatoms. The van der Waals surface area contributed by atoms with Gasteiger partial charge in [-0.15, -0.1) is 0 Å². The average molecular weight is 533 g/mol. The lowest BCUT2D eigenvalue weighted by Crippen LogP contribution is -2.51. The number of benzene rings is 4. The summed E-state index contributed by atoms with van der Waals surface area (Å²) in [4.78, 5) is 13.7. The third-order valence-corrected chi connectivity index (χ3v) is 8.30. The van der Waals surface area contributed by atoms with Crippen LogP contribution >= 0.6 is 11.6 Å². The van der Waals surface area contributed by atoms with E-state index >= 15 is 0 Å². The molecule has 0 saturated carbocycles. The first-order valence-electron chi connectivity index (χ1n) is 11.8. The number of carbonyl (C=O) groups excluding carboxylic acids is 1. The van der Waals surface area contributed by atoms with Crippen LogP contribution in [0, 0.1) is 6.92 Å². The fraction of sp³-hybridized carbons (Fsp3) is 0.138. The SMILES string of the molecule is Cc1ccc([C@@H](NC(=O)[C@H]2CN(S(=O)(=O)c3ccc(Cl)cc3)c3ccccc3O2)c2ccccc2)cc1. The van der Waals surface area contributed by atoms with Crippen LogP contribution < -0.4 is 14.4 Å². The van der Waals surface area contributed by atoms with Gasteiger partial charge in [-0.25, -0.2) is 8.42 Å². The molecule has 0 aliphatic carbocycles. The lowest BCUT2D eigenvalue weighted by atomic mass is 9.97. The molecule has 37 heavy (non-hydrogen) atoms. The fourth-order valence-corrected chi connectivity index (χ4v) is 5.90. The number of para-hydroxylation sites is 2. The topological polar surface area (TPSA) is 75.7 Å². The van der Waals surface area contributed by atoms with Crippen molar-refractivity contribution in [1.29, 1.82) is 0 Å². The Morgan fingerprint density at radius 3 is 2.22 bits per heavy atom. The molecule has 188 valence electrons. The van der Waals surface area contributed by atoms with Crippen molar-refractivity contribution in [3.8, 4) is 5.75 Å². The van der Waals surface area contributed by atoms with E-state index in [0.29, 0.717) is 16.5 Å². The zero-order valence-electron chi connectivity index (χ0n) is 20.0. The van der Waals surface area contributed by atoms with Gasteiger partial charge in [-0.3, -0.25) is 9.10 Å². The summed E-state index contributed by atoms with van der Waals surface area (Å²) in [5, 5.41) is 3.52. The molecule has 1 aliphatic heterocycles. The summed E-state index contributed by atoms with van der Waals surface area (Å²) in [5.41, 5.74) is 3.30. The molecule has 2 atom stereocenters. The predicted octanol–water partition coefficient (Wildman–Crippen LogP) is 5.51. The summed E-state index contributed by atoms with van der Waals surface area (Å²) >= 11 is 5.97. The Morgan fingerprint density at radius 1 is 0.892 bits per heavy atom. The maximum Gasteiger partial charge on any atom is 0.264 e. The molecule has 4 aromatic rings. The largest absolute Gasteiger partial charge is 0.476 e. The Labute approximate surface area is 221 Å². The molecule has 1 heterocycles. The van der Waals surface area contributed by atoms with Crippen LogP contribution in [0.4, 0.5) is 5.69 Å². The number of amides is 1. The van der Waals surface area contributed by atoms with E-state index in [1.807, 2.05) is 61.5 Å². The highest BCUT2D eigenvalue weighted by molar-refractivity contribution is 7.92. The van der Waals surface area contributed by atoms with Gasteiger partial charge in [-0.2, -0.15) is 0 Å². The molecule has 0 spiro atoms. The molecule has 1 N–H and O–H groups in total. The number of ether oxygens (including phenoxy) is 1. The van der Waals surface area contributed by atoms with Gasteiger partial charge in [0.1, 0.15) is 5.75 Å². The van der Waals surface area contributed by atoms with Gasteiger partial charge in [0.15, 0.2) is 6.10 Å². The molecule has 0 radical (unpaired) electrons. The minimum Gasteiger partial charge on any atom is -0.476 e. The van der Waals surface area contributed by atoms with Crippen LogP contribution in [0.3, 0.4) is 0 Å². The van der Waals surface area contributed by atoms with Crippen LogP contribution in [-0.4, -0.2) is 27.0 Å². The van der Waals surface area contributed by atoms with Gasteiger partial charge in [-0.1, -0.05) is 83.9 Å². The van der Waals surface area contributed by atoms with E-state index in [1.165, 1.54) is 28.6 Å². The van der Waals surface area contributed by atoms with Gasteiger partial charge in [0.25, 0.3) is 15.9 Å². The highest BCUT2D eigenvalue weighted by atomic mass is 35.5. The minimum absolute atomic E-state index is 0.0783. The van der Waals surface area contributed by atoms with Crippen LogP contribution in [0.2, 0.25) is 5.02 Å². The summed E-state index contributed by atoms with van der Waals surface area (Å²) in [5.74, 6) is -0.0988. The van der Waals surface area contributed by atoms with Crippen LogP contribution in [-0.2, 0) is 14.8 Å². The van der Waals surface area contributed by atoms with Crippen molar-refractivity contribution in [1.82, 2.24) is 5.32 Å². The average Bonchev–Trinajstić information content (AvgIpc) is 2.92. The molecule has 6 nitrogen and oxygen atoms in total. The number of halogens is 1. The van der Waals surface area contributed by atoms with E-state index in [2.05, 4.69) is 5.32 Å². The van der Waals surface area contributed by atoms with Gasteiger partial charge in [0.05, 0.1) is 23.2 Å². The lowest BCUT2D eigenvalue weighted by Gasteiger charge is -2.35. The molecule has 0 bridgehead atoms. The number of nitrogens with zero attached hydrogens (tertiary/aromatic N) is 1. The van der Waals surface area contributed by atoms with E-state index in [0.717, 1.165) is 16.7 Å². The Hall–Kier alpha value is -3.81. The maximum absolute atomic E-state index is 13.6. The Balaban J connectivity index is 1.47. The second-order valence-electron chi connectivity index (χ2n) is 8.83. The third-order valence-electron chi connectivity index (χ3n) is 6.26. The van der Waals surface area contributed by atoms with Gasteiger partial charge in [0.2, 0.25) is 0 Å². The maximum atomic E-state index is 13.6. The summed E-state index contributed by atoms with van der Waals surface area (Å²) in [6.45, 7) is 1.83. The Kier molecular flexibility index (Phi) is 6.91. The van der Waals surface area contributed by atoms with E-state index < -0.39 is 28.1 Å². The van der Waals surface area contributed by atoms with E-state index in [1.54, 1.807) is 24.3 Å². The Bertz CT molecular complexity index is 1510. The first-order chi connectivity index (χ1) is 17.8. The van der Waals surface area contributed by atoms with Crippen LogP contribution in [0.5, 0.6) is 5.75 Å². The lowest BCUT2D eigenvalue weighted by molar-refractivity contribution is -0.128. The zero-order chi connectivity index (χ0) is 26.0. The standard InChI is InChI=1S/C29H25ClN2O4S/c1-20-11-13-22(14-12-20)28(21-7-3-2-4-8-21)31-29(33)27-19-32(25-9-5-6-10-26(25)36-27)37(34,35)24-17-15-23(30)16-18-24/h2-18,27-28H,19H2,1H3,(H,31,33)/t27-,28+/m1/s1. The summed E-state index contributed by atoms with van der Waals surface area (Å²) < 4.78 is 34.5. The molecular formula is C29H25ClN2O4S. The predicted molar refractivity (Wildman–Crippen MR) is 144 cm³/mol. The number of sulfonamides is 1. The second-order valence-corrected chi connectivity index (χ2v) is 11.1.